The van der Waals surface area contributed by atoms with Gasteiger partial charge in [0.1, 0.15) is 5.01 Å². The highest BCUT2D eigenvalue weighted by molar-refractivity contribution is 7.13. The van der Waals surface area contributed by atoms with Crippen molar-refractivity contribution in [3.63, 3.8) is 0 Å². The maximum absolute atomic E-state index is 11.6. The molecule has 0 bridgehead atoms. The van der Waals surface area contributed by atoms with Crippen LogP contribution in [0.5, 0.6) is 0 Å². The number of carbonyl (C=O) groups excluding carboxylic acids is 1. The number of likely N-dealkylation sites (tertiary alicyclic amines) is 1. The summed E-state index contributed by atoms with van der Waals surface area (Å²) in [6, 6.07) is 0. The second-order valence-corrected chi connectivity index (χ2v) is 6.41. The fourth-order valence-electron chi connectivity index (χ4n) is 2.39. The average molecular weight is 282 g/mol. The van der Waals surface area contributed by atoms with Crippen molar-refractivity contribution >= 4 is 17.1 Å². The van der Waals surface area contributed by atoms with E-state index >= 15 is 0 Å². The molecule has 1 aliphatic rings. The van der Waals surface area contributed by atoms with E-state index in [1.165, 1.54) is 24.2 Å². The number of nitrogens with zero attached hydrogens (tertiary/aromatic N) is 2. The Labute approximate surface area is 118 Å². The normalized spacial score (nSPS) is 17.8. The molecular formula is C14H22N2O2S. The van der Waals surface area contributed by atoms with E-state index < -0.39 is 0 Å². The molecule has 0 unspecified atom stereocenters. The number of hydrogen-bond donors (Lipinski definition) is 0. The fraction of sp³-hybridized carbons (Fsp3) is 0.714. The smallest absolute Gasteiger partial charge is 0.171 e. The first-order valence-electron chi connectivity index (χ1n) is 6.81. The standard InChI is InChI=1S/C14H22N2O2S/c1-10-4-6-16(7-5-10)8-13-15-12(9-18-3)14(19-13)11(2)17/h10H,4-9H2,1-3H3. The number of aromatic nitrogens is 1. The Morgan fingerprint density at radius 3 is 2.74 bits per heavy atom. The summed E-state index contributed by atoms with van der Waals surface area (Å²) >= 11 is 1.52. The second-order valence-electron chi connectivity index (χ2n) is 5.33. The van der Waals surface area contributed by atoms with Crippen LogP contribution in [0.15, 0.2) is 0 Å². The molecule has 0 aliphatic carbocycles. The SMILES string of the molecule is COCc1nc(CN2CCC(C)CC2)sc1C(C)=O. The zero-order valence-corrected chi connectivity index (χ0v) is 12.8. The van der Waals surface area contributed by atoms with E-state index in [1.807, 2.05) is 0 Å². The third-order valence-electron chi connectivity index (χ3n) is 3.58. The summed E-state index contributed by atoms with van der Waals surface area (Å²) in [5.74, 6) is 0.924. The minimum absolute atomic E-state index is 0.0862. The van der Waals surface area contributed by atoms with E-state index in [1.54, 1.807) is 14.0 Å². The van der Waals surface area contributed by atoms with Crippen LogP contribution in [0, 0.1) is 5.92 Å². The largest absolute Gasteiger partial charge is 0.378 e. The molecule has 0 spiro atoms. The van der Waals surface area contributed by atoms with Crippen molar-refractivity contribution in [2.24, 2.45) is 5.92 Å². The first-order valence-corrected chi connectivity index (χ1v) is 7.62. The number of piperidine rings is 1. The molecule has 4 nitrogen and oxygen atoms in total. The molecule has 1 fully saturated rings. The van der Waals surface area contributed by atoms with Crippen molar-refractivity contribution in [1.82, 2.24) is 9.88 Å². The first-order chi connectivity index (χ1) is 9.10. The van der Waals surface area contributed by atoms with Gasteiger partial charge in [-0.3, -0.25) is 9.69 Å². The minimum Gasteiger partial charge on any atom is -0.378 e. The van der Waals surface area contributed by atoms with Gasteiger partial charge in [0.15, 0.2) is 5.78 Å². The molecule has 1 aromatic heterocycles. The fourth-order valence-corrected chi connectivity index (χ4v) is 3.39. The van der Waals surface area contributed by atoms with Gasteiger partial charge in [0.25, 0.3) is 0 Å². The lowest BCUT2D eigenvalue weighted by atomic mass is 9.99. The van der Waals surface area contributed by atoms with E-state index in [-0.39, 0.29) is 5.78 Å². The topological polar surface area (TPSA) is 42.4 Å². The number of Topliss-reactive ketones (excluding diaryl/α,β-unsaturated/α-hetero) is 1. The molecule has 1 aliphatic heterocycles. The number of methoxy groups -OCH3 is 1. The third kappa shape index (κ3) is 3.84. The van der Waals surface area contributed by atoms with Gasteiger partial charge in [-0.1, -0.05) is 6.92 Å². The number of rotatable bonds is 5. The number of thiazole rings is 1. The third-order valence-corrected chi connectivity index (χ3v) is 4.76. The van der Waals surface area contributed by atoms with E-state index in [2.05, 4.69) is 16.8 Å². The predicted molar refractivity (Wildman–Crippen MR) is 76.5 cm³/mol. The molecule has 19 heavy (non-hydrogen) atoms. The zero-order valence-electron chi connectivity index (χ0n) is 11.9. The van der Waals surface area contributed by atoms with Gasteiger partial charge in [-0.2, -0.15) is 0 Å². The van der Waals surface area contributed by atoms with Gasteiger partial charge in [0, 0.05) is 14.0 Å². The van der Waals surface area contributed by atoms with Gasteiger partial charge in [0.2, 0.25) is 0 Å². The van der Waals surface area contributed by atoms with Crippen molar-refractivity contribution in [3.8, 4) is 0 Å². The molecule has 1 saturated heterocycles. The number of carbonyl (C=O) groups is 1. The molecule has 1 aromatic rings. The molecule has 0 aromatic carbocycles. The Bertz CT molecular complexity index is 437. The van der Waals surface area contributed by atoms with Crippen LogP contribution < -0.4 is 0 Å². The molecule has 0 amide bonds. The van der Waals surface area contributed by atoms with E-state index in [0.717, 1.165) is 41.1 Å². The highest BCUT2D eigenvalue weighted by Crippen LogP contribution is 2.23. The predicted octanol–water partition coefficient (Wildman–Crippen LogP) is 2.72. The Morgan fingerprint density at radius 1 is 1.47 bits per heavy atom. The molecule has 0 atom stereocenters. The zero-order chi connectivity index (χ0) is 13.8. The summed E-state index contributed by atoms with van der Waals surface area (Å²) in [7, 11) is 1.63. The lowest BCUT2D eigenvalue weighted by Crippen LogP contribution is -2.32. The molecule has 0 saturated carbocycles. The maximum atomic E-state index is 11.6. The van der Waals surface area contributed by atoms with Crippen LogP contribution >= 0.6 is 11.3 Å². The van der Waals surface area contributed by atoms with Crippen molar-refractivity contribution < 1.29 is 9.53 Å². The second kappa shape index (κ2) is 6.59. The highest BCUT2D eigenvalue weighted by atomic mass is 32.1. The van der Waals surface area contributed by atoms with Gasteiger partial charge in [-0.15, -0.1) is 11.3 Å². The quantitative estimate of drug-likeness (QED) is 0.779. The molecule has 5 heteroatoms. The van der Waals surface area contributed by atoms with Gasteiger partial charge >= 0.3 is 0 Å². The summed E-state index contributed by atoms with van der Waals surface area (Å²) in [5, 5.41) is 1.03. The van der Waals surface area contributed by atoms with E-state index in [0.29, 0.717) is 6.61 Å². The van der Waals surface area contributed by atoms with Gasteiger partial charge in [-0.25, -0.2) is 4.98 Å². The van der Waals surface area contributed by atoms with Crippen LogP contribution in [0.4, 0.5) is 0 Å². The van der Waals surface area contributed by atoms with E-state index in [9.17, 15) is 4.79 Å². The van der Waals surface area contributed by atoms with Crippen LogP contribution in [0.2, 0.25) is 0 Å². The average Bonchev–Trinajstić information content (AvgIpc) is 2.76. The number of hydrogen-bond acceptors (Lipinski definition) is 5. The Kier molecular flexibility index (Phi) is 5.07. The first kappa shape index (κ1) is 14.6. The van der Waals surface area contributed by atoms with E-state index in [4.69, 9.17) is 4.74 Å². The van der Waals surface area contributed by atoms with Crippen LogP contribution in [0.25, 0.3) is 0 Å². The lowest BCUT2D eigenvalue weighted by molar-refractivity contribution is 0.101. The van der Waals surface area contributed by atoms with Crippen molar-refractivity contribution in [2.45, 2.75) is 39.8 Å². The van der Waals surface area contributed by atoms with Crippen molar-refractivity contribution in [1.29, 1.82) is 0 Å². The Balaban J connectivity index is 2.04. The molecule has 2 heterocycles. The van der Waals surface area contributed by atoms with Crippen LogP contribution in [0.1, 0.15) is 47.1 Å². The van der Waals surface area contributed by atoms with Crippen molar-refractivity contribution in [2.75, 3.05) is 20.2 Å². The van der Waals surface area contributed by atoms with Gasteiger partial charge in [0.05, 0.1) is 23.7 Å². The molecule has 2 rings (SSSR count). The molecule has 0 N–H and O–H groups in total. The Morgan fingerprint density at radius 2 is 2.16 bits per heavy atom. The molecule has 0 radical (unpaired) electrons. The van der Waals surface area contributed by atoms with Crippen LogP contribution in [-0.4, -0.2) is 35.9 Å². The summed E-state index contributed by atoms with van der Waals surface area (Å²) in [6.45, 7) is 7.46. The summed E-state index contributed by atoms with van der Waals surface area (Å²) in [4.78, 5) is 19.3. The minimum atomic E-state index is 0.0862. The summed E-state index contributed by atoms with van der Waals surface area (Å²) < 4.78 is 5.11. The number of ether oxygens (including phenoxy) is 1. The van der Waals surface area contributed by atoms with Gasteiger partial charge in [-0.05, 0) is 31.8 Å². The number of ketones is 1. The molecule has 106 valence electrons. The van der Waals surface area contributed by atoms with Crippen molar-refractivity contribution in [3.05, 3.63) is 15.6 Å². The summed E-state index contributed by atoms with van der Waals surface area (Å²) in [5.41, 5.74) is 0.792. The monoisotopic (exact) mass is 282 g/mol. The lowest BCUT2D eigenvalue weighted by Gasteiger charge is -2.29. The highest BCUT2D eigenvalue weighted by Gasteiger charge is 2.19. The van der Waals surface area contributed by atoms with Gasteiger partial charge < -0.3 is 4.74 Å². The summed E-state index contributed by atoms with van der Waals surface area (Å²) in [6.07, 6.45) is 2.52. The maximum Gasteiger partial charge on any atom is 0.171 e. The van der Waals surface area contributed by atoms with Crippen LogP contribution in [-0.2, 0) is 17.9 Å². The Hall–Kier alpha value is -0.780. The van der Waals surface area contributed by atoms with Crippen LogP contribution in [0.3, 0.4) is 0 Å². The molecular weight excluding hydrogens is 260 g/mol.